The summed E-state index contributed by atoms with van der Waals surface area (Å²) in [4.78, 5) is 19.4. The summed E-state index contributed by atoms with van der Waals surface area (Å²) in [5, 5.41) is 15.4. The summed E-state index contributed by atoms with van der Waals surface area (Å²) in [7, 11) is 0. The Morgan fingerprint density at radius 3 is 2.86 bits per heavy atom. The lowest BCUT2D eigenvalue weighted by Gasteiger charge is -2.40. The maximum Gasteiger partial charge on any atom is 0.255 e. The molecule has 5 nitrogen and oxygen atoms in total. The molecule has 1 aliphatic heterocycles. The molecule has 2 N–H and O–H groups in total. The van der Waals surface area contributed by atoms with Crippen molar-refractivity contribution in [1.82, 2.24) is 15.2 Å². The van der Waals surface area contributed by atoms with Crippen LogP contribution < -0.4 is 5.32 Å². The lowest BCUT2D eigenvalue weighted by molar-refractivity contribution is -0.157. The van der Waals surface area contributed by atoms with Crippen molar-refractivity contribution in [2.75, 3.05) is 19.6 Å². The zero-order chi connectivity index (χ0) is 19.4. The molecule has 150 valence electrons. The summed E-state index contributed by atoms with van der Waals surface area (Å²) >= 11 is 0. The molecular formula is C23H31N3O2. The van der Waals surface area contributed by atoms with Crippen molar-refractivity contribution in [3.63, 3.8) is 0 Å². The molecule has 2 aliphatic rings. The van der Waals surface area contributed by atoms with Crippen LogP contribution in [0, 0.1) is 5.92 Å². The molecule has 2 fully saturated rings. The van der Waals surface area contributed by atoms with E-state index in [9.17, 15) is 9.90 Å². The molecule has 1 unspecified atom stereocenters. The number of carbonyl (C=O) groups is 1. The zero-order valence-electron chi connectivity index (χ0n) is 16.6. The minimum absolute atomic E-state index is 0.0894. The fourth-order valence-electron chi connectivity index (χ4n) is 4.71. The minimum atomic E-state index is -1.28. The van der Waals surface area contributed by atoms with Crippen LogP contribution in [-0.4, -0.2) is 46.1 Å². The number of hydrogen-bond acceptors (Lipinski definition) is 4. The second kappa shape index (κ2) is 8.58. The highest BCUT2D eigenvalue weighted by atomic mass is 16.3. The van der Waals surface area contributed by atoms with Crippen molar-refractivity contribution in [3.05, 3.63) is 42.1 Å². The van der Waals surface area contributed by atoms with Gasteiger partial charge in [0, 0.05) is 37.8 Å². The molecule has 1 aromatic heterocycles. The Bertz CT molecular complexity index is 818. The third kappa shape index (κ3) is 4.36. The molecule has 0 radical (unpaired) electrons. The van der Waals surface area contributed by atoms with E-state index < -0.39 is 5.60 Å². The number of nitrogens with zero attached hydrogens (tertiary/aromatic N) is 2. The number of hydrogen-bond donors (Lipinski definition) is 2. The SMILES string of the molecule is O=C1N(CC2CCCCC2)CCCC1(O)CNCc1cnc2ccccc2c1. The van der Waals surface area contributed by atoms with Crippen LogP contribution in [0.3, 0.4) is 0 Å². The molecule has 1 atom stereocenters. The molecule has 1 aromatic carbocycles. The van der Waals surface area contributed by atoms with Crippen LogP contribution in [0.25, 0.3) is 10.9 Å². The molecule has 2 aromatic rings. The van der Waals surface area contributed by atoms with Gasteiger partial charge in [0.2, 0.25) is 0 Å². The average Bonchev–Trinajstić information content (AvgIpc) is 2.72. The first kappa shape index (κ1) is 19.3. The number of benzene rings is 1. The number of pyridine rings is 1. The van der Waals surface area contributed by atoms with Gasteiger partial charge in [-0.15, -0.1) is 0 Å². The first-order valence-electron chi connectivity index (χ1n) is 10.7. The molecule has 1 saturated carbocycles. The Morgan fingerprint density at radius 1 is 1.18 bits per heavy atom. The predicted octanol–water partition coefficient (Wildman–Crippen LogP) is 3.26. The number of fused-ring (bicyclic) bond motifs is 1. The Kier molecular flexibility index (Phi) is 5.93. The maximum atomic E-state index is 13.0. The monoisotopic (exact) mass is 381 g/mol. The number of amides is 1. The van der Waals surface area contributed by atoms with E-state index in [4.69, 9.17) is 0 Å². The van der Waals surface area contributed by atoms with Crippen molar-refractivity contribution < 1.29 is 9.90 Å². The van der Waals surface area contributed by atoms with Crippen LogP contribution >= 0.6 is 0 Å². The van der Waals surface area contributed by atoms with Gasteiger partial charge in [0.15, 0.2) is 5.60 Å². The lowest BCUT2D eigenvalue weighted by Crippen LogP contribution is -2.58. The molecule has 1 amide bonds. The Balaban J connectivity index is 1.33. The smallest absolute Gasteiger partial charge is 0.255 e. The predicted molar refractivity (Wildman–Crippen MR) is 111 cm³/mol. The molecule has 1 aliphatic carbocycles. The quantitative estimate of drug-likeness (QED) is 0.806. The molecule has 28 heavy (non-hydrogen) atoms. The third-order valence-corrected chi connectivity index (χ3v) is 6.30. The van der Waals surface area contributed by atoms with Crippen molar-refractivity contribution in [2.24, 2.45) is 5.92 Å². The van der Waals surface area contributed by atoms with Crippen LogP contribution in [0.1, 0.15) is 50.5 Å². The van der Waals surface area contributed by atoms with E-state index in [1.165, 1.54) is 32.1 Å². The van der Waals surface area contributed by atoms with Gasteiger partial charge in [-0.1, -0.05) is 37.5 Å². The van der Waals surface area contributed by atoms with Crippen LogP contribution in [-0.2, 0) is 11.3 Å². The van der Waals surface area contributed by atoms with Crippen LogP contribution in [0.2, 0.25) is 0 Å². The lowest BCUT2D eigenvalue weighted by atomic mass is 9.86. The summed E-state index contributed by atoms with van der Waals surface area (Å²) in [6.45, 7) is 2.48. The van der Waals surface area contributed by atoms with E-state index in [1.54, 1.807) is 0 Å². The number of para-hydroxylation sites is 1. The molecule has 5 heteroatoms. The van der Waals surface area contributed by atoms with Gasteiger partial charge in [0.25, 0.3) is 5.91 Å². The van der Waals surface area contributed by atoms with E-state index >= 15 is 0 Å². The number of nitrogens with one attached hydrogen (secondary N) is 1. The summed E-state index contributed by atoms with van der Waals surface area (Å²) < 4.78 is 0. The van der Waals surface area contributed by atoms with Crippen LogP contribution in [0.4, 0.5) is 0 Å². The molecule has 1 saturated heterocycles. The van der Waals surface area contributed by atoms with Crippen LogP contribution in [0.15, 0.2) is 36.5 Å². The molecule has 0 spiro atoms. The summed E-state index contributed by atoms with van der Waals surface area (Å²) in [6.07, 6.45) is 9.57. The van der Waals surface area contributed by atoms with Crippen molar-refractivity contribution in [3.8, 4) is 0 Å². The normalized spacial score (nSPS) is 24.0. The minimum Gasteiger partial charge on any atom is -0.379 e. The van der Waals surface area contributed by atoms with E-state index in [0.29, 0.717) is 25.4 Å². The van der Waals surface area contributed by atoms with E-state index in [2.05, 4.69) is 16.4 Å². The Hall–Kier alpha value is -1.98. The van der Waals surface area contributed by atoms with Gasteiger partial charge in [0.1, 0.15) is 0 Å². The highest BCUT2D eigenvalue weighted by molar-refractivity contribution is 5.86. The first-order chi connectivity index (χ1) is 13.6. The number of aliphatic hydroxyl groups is 1. The Labute approximate surface area is 167 Å². The van der Waals surface area contributed by atoms with Gasteiger partial charge in [-0.25, -0.2) is 0 Å². The average molecular weight is 382 g/mol. The van der Waals surface area contributed by atoms with E-state index in [-0.39, 0.29) is 5.91 Å². The van der Waals surface area contributed by atoms with E-state index in [0.717, 1.165) is 36.0 Å². The number of likely N-dealkylation sites (tertiary alicyclic amines) is 1. The van der Waals surface area contributed by atoms with Gasteiger partial charge >= 0.3 is 0 Å². The standard InChI is InChI=1S/C23H31N3O2/c27-22-23(28,11-6-12-26(22)16-18-7-2-1-3-8-18)17-24-14-19-13-20-9-4-5-10-21(20)25-15-19/h4-5,9-10,13,15,18,24,28H,1-3,6-8,11-12,14,16-17H2. The largest absolute Gasteiger partial charge is 0.379 e. The number of aromatic nitrogens is 1. The fourth-order valence-corrected chi connectivity index (χ4v) is 4.71. The van der Waals surface area contributed by atoms with Gasteiger partial charge in [0.05, 0.1) is 5.52 Å². The van der Waals surface area contributed by atoms with Gasteiger partial charge < -0.3 is 15.3 Å². The summed E-state index contributed by atoms with van der Waals surface area (Å²) in [6, 6.07) is 10.1. The highest BCUT2D eigenvalue weighted by Crippen LogP contribution is 2.28. The zero-order valence-corrected chi connectivity index (χ0v) is 16.6. The molecular weight excluding hydrogens is 350 g/mol. The number of carbonyl (C=O) groups excluding carboxylic acids is 1. The number of rotatable bonds is 6. The Morgan fingerprint density at radius 2 is 2.00 bits per heavy atom. The second-order valence-electron chi connectivity index (χ2n) is 8.53. The maximum absolute atomic E-state index is 13.0. The molecule has 0 bridgehead atoms. The third-order valence-electron chi connectivity index (χ3n) is 6.30. The highest BCUT2D eigenvalue weighted by Gasteiger charge is 2.42. The summed E-state index contributed by atoms with van der Waals surface area (Å²) in [5.41, 5.74) is 0.757. The summed E-state index contributed by atoms with van der Waals surface area (Å²) in [5.74, 6) is 0.519. The second-order valence-corrected chi connectivity index (χ2v) is 8.53. The molecule has 4 rings (SSSR count). The van der Waals surface area contributed by atoms with E-state index in [1.807, 2.05) is 35.4 Å². The van der Waals surface area contributed by atoms with Crippen molar-refractivity contribution in [1.29, 1.82) is 0 Å². The van der Waals surface area contributed by atoms with Crippen LogP contribution in [0.5, 0.6) is 0 Å². The van der Waals surface area contributed by atoms with Gasteiger partial charge in [-0.3, -0.25) is 9.78 Å². The van der Waals surface area contributed by atoms with Gasteiger partial charge in [-0.05, 0) is 49.3 Å². The number of piperidine rings is 1. The van der Waals surface area contributed by atoms with Crippen molar-refractivity contribution >= 4 is 16.8 Å². The molecule has 2 heterocycles. The fraction of sp³-hybridized carbons (Fsp3) is 0.565. The van der Waals surface area contributed by atoms with Gasteiger partial charge in [-0.2, -0.15) is 0 Å². The first-order valence-corrected chi connectivity index (χ1v) is 10.7. The van der Waals surface area contributed by atoms with Crippen molar-refractivity contribution in [2.45, 2.75) is 57.1 Å². The topological polar surface area (TPSA) is 65.5 Å².